The van der Waals surface area contributed by atoms with Crippen molar-refractivity contribution in [2.24, 2.45) is 0 Å². The van der Waals surface area contributed by atoms with Gasteiger partial charge in [-0.25, -0.2) is 4.98 Å². The van der Waals surface area contributed by atoms with Gasteiger partial charge in [0.15, 0.2) is 0 Å². The molecule has 0 unspecified atom stereocenters. The van der Waals surface area contributed by atoms with Crippen LogP contribution in [0, 0.1) is 0 Å². The van der Waals surface area contributed by atoms with Crippen LogP contribution in [0.4, 0.5) is 13.2 Å². The van der Waals surface area contributed by atoms with E-state index < -0.39 is 11.9 Å². The highest BCUT2D eigenvalue weighted by Gasteiger charge is 2.40. The van der Waals surface area contributed by atoms with E-state index in [2.05, 4.69) is 20.9 Å². The van der Waals surface area contributed by atoms with Crippen molar-refractivity contribution in [1.29, 1.82) is 0 Å². The third kappa shape index (κ3) is 2.92. The first-order valence-electron chi connectivity index (χ1n) is 6.34. The van der Waals surface area contributed by atoms with Gasteiger partial charge in [-0.1, -0.05) is 46.3 Å². The van der Waals surface area contributed by atoms with Crippen molar-refractivity contribution in [3.63, 3.8) is 0 Å². The second kappa shape index (κ2) is 5.61. The van der Waals surface area contributed by atoms with E-state index in [9.17, 15) is 13.2 Å². The molecule has 3 aromatic rings. The normalized spacial score (nSPS) is 11.6. The number of alkyl halides is 3. The van der Waals surface area contributed by atoms with E-state index in [0.717, 1.165) is 4.47 Å². The topological polar surface area (TPSA) is 26.0 Å². The predicted octanol–water partition coefficient (Wildman–Crippen LogP) is 5.79. The number of hydrogen-bond donors (Lipinski definition) is 0. The Kier molecular flexibility index (Phi) is 3.78. The minimum absolute atomic E-state index is 0.0568. The second-order valence-corrected chi connectivity index (χ2v) is 5.48. The van der Waals surface area contributed by atoms with Crippen molar-refractivity contribution in [3.8, 4) is 22.7 Å². The zero-order chi connectivity index (χ0) is 15.7. The maximum Gasteiger partial charge on any atom is 0.451 e. The van der Waals surface area contributed by atoms with E-state index in [-0.39, 0.29) is 11.6 Å². The molecule has 0 spiro atoms. The maximum atomic E-state index is 13.2. The van der Waals surface area contributed by atoms with Gasteiger partial charge in [0.1, 0.15) is 5.69 Å². The van der Waals surface area contributed by atoms with Crippen molar-refractivity contribution >= 4 is 15.9 Å². The smallest absolute Gasteiger partial charge is 0.431 e. The largest absolute Gasteiger partial charge is 0.451 e. The molecular weight excluding hydrogens is 359 g/mol. The summed E-state index contributed by atoms with van der Waals surface area (Å²) in [6.07, 6.45) is -4.61. The van der Waals surface area contributed by atoms with Crippen LogP contribution in [-0.2, 0) is 6.18 Å². The monoisotopic (exact) mass is 367 g/mol. The number of nitrogens with zero attached hydrogens (tertiary/aromatic N) is 1. The minimum Gasteiger partial charge on any atom is -0.431 e. The Morgan fingerprint density at radius 2 is 1.50 bits per heavy atom. The van der Waals surface area contributed by atoms with E-state index in [1.54, 1.807) is 54.6 Å². The third-order valence-electron chi connectivity index (χ3n) is 3.02. The number of rotatable bonds is 2. The Bertz CT molecular complexity index is 779. The van der Waals surface area contributed by atoms with Crippen LogP contribution in [0.2, 0.25) is 0 Å². The van der Waals surface area contributed by atoms with Crippen molar-refractivity contribution < 1.29 is 17.6 Å². The zero-order valence-corrected chi connectivity index (χ0v) is 12.6. The molecule has 0 bridgehead atoms. The van der Waals surface area contributed by atoms with Crippen LogP contribution in [-0.4, -0.2) is 4.98 Å². The van der Waals surface area contributed by atoms with Gasteiger partial charge in [0.05, 0.1) is 0 Å². The number of aromatic nitrogens is 1. The van der Waals surface area contributed by atoms with E-state index in [1.807, 2.05) is 0 Å². The molecule has 0 saturated carbocycles. The maximum absolute atomic E-state index is 13.2. The third-order valence-corrected chi connectivity index (χ3v) is 3.55. The zero-order valence-electron chi connectivity index (χ0n) is 11.1. The standard InChI is InChI=1S/C16H9BrF3NO/c17-12-8-6-11(7-9-12)15-21-13(10-4-2-1-3-5-10)14(22-15)16(18,19)20/h1-9H. The van der Waals surface area contributed by atoms with Crippen LogP contribution in [0.3, 0.4) is 0 Å². The highest BCUT2D eigenvalue weighted by atomic mass is 79.9. The Labute approximate surface area is 132 Å². The molecule has 1 aromatic heterocycles. The fraction of sp³-hybridized carbons (Fsp3) is 0.0625. The van der Waals surface area contributed by atoms with Gasteiger partial charge < -0.3 is 4.42 Å². The quantitative estimate of drug-likeness (QED) is 0.572. The molecule has 0 radical (unpaired) electrons. The first kappa shape index (κ1) is 14.8. The Morgan fingerprint density at radius 3 is 2.09 bits per heavy atom. The molecule has 0 aliphatic rings. The predicted molar refractivity (Wildman–Crippen MR) is 80.1 cm³/mol. The molecule has 0 saturated heterocycles. The van der Waals surface area contributed by atoms with Gasteiger partial charge >= 0.3 is 6.18 Å². The van der Waals surface area contributed by atoms with Gasteiger partial charge in [0.25, 0.3) is 0 Å². The Balaban J connectivity index is 2.15. The second-order valence-electron chi connectivity index (χ2n) is 4.57. The average molecular weight is 368 g/mol. The molecular formula is C16H9BrF3NO. The lowest BCUT2D eigenvalue weighted by molar-refractivity contribution is -0.152. The molecule has 0 N–H and O–H groups in total. The van der Waals surface area contributed by atoms with Crippen LogP contribution in [0.15, 0.2) is 63.5 Å². The lowest BCUT2D eigenvalue weighted by Crippen LogP contribution is -2.05. The van der Waals surface area contributed by atoms with E-state index in [1.165, 1.54) is 0 Å². The molecule has 2 aromatic carbocycles. The minimum atomic E-state index is -4.61. The molecule has 0 aliphatic heterocycles. The Hall–Kier alpha value is -2.08. The number of oxazole rings is 1. The van der Waals surface area contributed by atoms with E-state index >= 15 is 0 Å². The summed E-state index contributed by atoms with van der Waals surface area (Å²) in [5.74, 6) is -1.14. The van der Waals surface area contributed by atoms with Gasteiger partial charge in [-0.3, -0.25) is 0 Å². The van der Waals surface area contributed by atoms with Crippen molar-refractivity contribution in [3.05, 3.63) is 64.8 Å². The van der Waals surface area contributed by atoms with Crippen molar-refractivity contribution in [2.75, 3.05) is 0 Å². The number of halogens is 4. The summed E-state index contributed by atoms with van der Waals surface area (Å²) >= 11 is 3.28. The summed E-state index contributed by atoms with van der Waals surface area (Å²) in [5.41, 5.74) is 0.642. The average Bonchev–Trinajstić information content (AvgIpc) is 2.94. The summed E-state index contributed by atoms with van der Waals surface area (Å²) in [4.78, 5) is 4.04. The highest BCUT2D eigenvalue weighted by Crippen LogP contribution is 2.39. The molecule has 0 fully saturated rings. The fourth-order valence-corrected chi connectivity index (χ4v) is 2.28. The Morgan fingerprint density at radius 1 is 0.864 bits per heavy atom. The molecule has 6 heteroatoms. The van der Waals surface area contributed by atoms with Gasteiger partial charge in [0.2, 0.25) is 11.7 Å². The molecule has 0 amide bonds. The highest BCUT2D eigenvalue weighted by molar-refractivity contribution is 9.10. The summed E-state index contributed by atoms with van der Waals surface area (Å²) in [6.45, 7) is 0. The van der Waals surface area contributed by atoms with Gasteiger partial charge in [-0.2, -0.15) is 13.2 Å². The molecule has 112 valence electrons. The van der Waals surface area contributed by atoms with Crippen LogP contribution in [0.25, 0.3) is 22.7 Å². The fourth-order valence-electron chi connectivity index (χ4n) is 2.02. The molecule has 0 aliphatic carbocycles. The molecule has 3 rings (SSSR count). The van der Waals surface area contributed by atoms with Crippen LogP contribution in [0.5, 0.6) is 0 Å². The lowest BCUT2D eigenvalue weighted by atomic mass is 10.1. The number of hydrogen-bond acceptors (Lipinski definition) is 2. The molecule has 22 heavy (non-hydrogen) atoms. The van der Waals surface area contributed by atoms with Crippen LogP contribution >= 0.6 is 15.9 Å². The van der Waals surface area contributed by atoms with E-state index in [0.29, 0.717) is 11.1 Å². The molecule has 1 heterocycles. The number of benzene rings is 2. The van der Waals surface area contributed by atoms with Gasteiger partial charge in [0, 0.05) is 15.6 Å². The van der Waals surface area contributed by atoms with Gasteiger partial charge in [-0.15, -0.1) is 0 Å². The first-order valence-corrected chi connectivity index (χ1v) is 7.14. The lowest BCUT2D eigenvalue weighted by Gasteiger charge is -2.04. The summed E-state index contributed by atoms with van der Waals surface area (Å²) in [6, 6.07) is 14.9. The van der Waals surface area contributed by atoms with Crippen LogP contribution < -0.4 is 0 Å². The summed E-state index contributed by atoms with van der Waals surface area (Å²) in [7, 11) is 0. The summed E-state index contributed by atoms with van der Waals surface area (Å²) < 4.78 is 45.4. The first-order chi connectivity index (χ1) is 10.4. The van der Waals surface area contributed by atoms with Gasteiger partial charge in [-0.05, 0) is 24.3 Å². The molecule has 0 atom stereocenters. The van der Waals surface area contributed by atoms with E-state index in [4.69, 9.17) is 4.42 Å². The van der Waals surface area contributed by atoms with Crippen LogP contribution in [0.1, 0.15) is 5.76 Å². The summed E-state index contributed by atoms with van der Waals surface area (Å²) in [5, 5.41) is 0. The molecule has 2 nitrogen and oxygen atoms in total. The van der Waals surface area contributed by atoms with Crippen molar-refractivity contribution in [2.45, 2.75) is 6.18 Å². The van der Waals surface area contributed by atoms with Crippen molar-refractivity contribution in [1.82, 2.24) is 4.98 Å². The SMILES string of the molecule is FC(F)(F)c1oc(-c2ccc(Br)cc2)nc1-c1ccccc1.